The smallest absolute Gasteiger partial charge is 0.164 e. The number of hydrogen-bond acceptors (Lipinski definition) is 2. The number of ketones is 1. The second kappa shape index (κ2) is 6.31. The third-order valence-electron chi connectivity index (χ3n) is 2.90. The van der Waals surface area contributed by atoms with Crippen molar-refractivity contribution in [3.8, 4) is 6.07 Å². The third kappa shape index (κ3) is 3.52. The van der Waals surface area contributed by atoms with E-state index in [9.17, 15) is 4.79 Å². The SMILES string of the molecule is N#Cc1ccccc1C(=O)CCc1ccc(Br)cc1. The van der Waals surface area contributed by atoms with Gasteiger partial charge in [0, 0.05) is 16.5 Å². The van der Waals surface area contributed by atoms with Crippen LogP contribution in [0.4, 0.5) is 0 Å². The Labute approximate surface area is 120 Å². The number of carbonyl (C=O) groups excluding carboxylic acids is 1. The fourth-order valence-electron chi connectivity index (χ4n) is 1.87. The van der Waals surface area contributed by atoms with Crippen LogP contribution in [0, 0.1) is 11.3 Å². The molecule has 0 aliphatic heterocycles. The minimum absolute atomic E-state index is 0.0140. The van der Waals surface area contributed by atoms with Crippen molar-refractivity contribution in [1.29, 1.82) is 5.26 Å². The largest absolute Gasteiger partial charge is 0.294 e. The zero-order valence-electron chi connectivity index (χ0n) is 10.3. The number of halogens is 1. The van der Waals surface area contributed by atoms with Gasteiger partial charge in [-0.25, -0.2) is 0 Å². The van der Waals surface area contributed by atoms with Crippen molar-refractivity contribution in [3.05, 3.63) is 69.7 Å². The van der Waals surface area contributed by atoms with Gasteiger partial charge in [-0.15, -0.1) is 0 Å². The van der Waals surface area contributed by atoms with Crippen LogP contribution in [0.1, 0.15) is 27.9 Å². The molecule has 0 atom stereocenters. The molecule has 0 aliphatic rings. The highest BCUT2D eigenvalue weighted by atomic mass is 79.9. The molecule has 0 saturated heterocycles. The van der Waals surface area contributed by atoms with Gasteiger partial charge in [0.25, 0.3) is 0 Å². The Bertz CT molecular complexity index is 626. The molecule has 2 aromatic rings. The van der Waals surface area contributed by atoms with Gasteiger partial charge in [-0.2, -0.15) is 5.26 Å². The highest BCUT2D eigenvalue weighted by molar-refractivity contribution is 9.10. The number of aryl methyl sites for hydroxylation is 1. The molecule has 0 saturated carbocycles. The van der Waals surface area contributed by atoms with Gasteiger partial charge in [-0.1, -0.05) is 46.3 Å². The van der Waals surface area contributed by atoms with E-state index < -0.39 is 0 Å². The Morgan fingerprint density at radius 1 is 1.11 bits per heavy atom. The average Bonchev–Trinajstić information content (AvgIpc) is 2.46. The quantitative estimate of drug-likeness (QED) is 0.796. The van der Waals surface area contributed by atoms with Crippen LogP contribution < -0.4 is 0 Å². The molecule has 2 nitrogen and oxygen atoms in total. The molecule has 3 heteroatoms. The van der Waals surface area contributed by atoms with Crippen LogP contribution >= 0.6 is 15.9 Å². The number of benzene rings is 2. The van der Waals surface area contributed by atoms with E-state index in [2.05, 4.69) is 22.0 Å². The summed E-state index contributed by atoms with van der Waals surface area (Å²) in [5.74, 6) is 0.0140. The van der Waals surface area contributed by atoms with E-state index in [1.165, 1.54) is 0 Å². The lowest BCUT2D eigenvalue weighted by atomic mass is 9.99. The van der Waals surface area contributed by atoms with E-state index >= 15 is 0 Å². The van der Waals surface area contributed by atoms with Gasteiger partial charge in [-0.05, 0) is 30.2 Å². The van der Waals surface area contributed by atoms with Gasteiger partial charge in [0.05, 0.1) is 11.6 Å². The highest BCUT2D eigenvalue weighted by Gasteiger charge is 2.10. The first kappa shape index (κ1) is 13.5. The van der Waals surface area contributed by atoms with Crippen molar-refractivity contribution in [2.24, 2.45) is 0 Å². The molecule has 94 valence electrons. The molecule has 2 aromatic carbocycles. The second-order valence-electron chi connectivity index (χ2n) is 4.21. The van der Waals surface area contributed by atoms with Crippen molar-refractivity contribution in [3.63, 3.8) is 0 Å². The summed E-state index contributed by atoms with van der Waals surface area (Å²) < 4.78 is 1.03. The average molecular weight is 314 g/mol. The zero-order chi connectivity index (χ0) is 13.7. The van der Waals surface area contributed by atoms with Gasteiger partial charge in [0.1, 0.15) is 0 Å². The number of nitriles is 1. The summed E-state index contributed by atoms with van der Waals surface area (Å²) in [5, 5.41) is 8.98. The Hall–Kier alpha value is -1.92. The summed E-state index contributed by atoms with van der Waals surface area (Å²) in [6, 6.07) is 16.9. The molecule has 0 spiro atoms. The van der Waals surface area contributed by atoms with E-state index in [0.717, 1.165) is 10.0 Å². The minimum Gasteiger partial charge on any atom is -0.294 e. The summed E-state index contributed by atoms with van der Waals surface area (Å²) in [6.45, 7) is 0. The van der Waals surface area contributed by atoms with Crippen molar-refractivity contribution in [2.45, 2.75) is 12.8 Å². The van der Waals surface area contributed by atoms with Gasteiger partial charge >= 0.3 is 0 Å². The van der Waals surface area contributed by atoms with Crippen LogP contribution in [-0.4, -0.2) is 5.78 Å². The Morgan fingerprint density at radius 3 is 2.47 bits per heavy atom. The molecule has 0 bridgehead atoms. The third-order valence-corrected chi connectivity index (χ3v) is 3.43. The van der Waals surface area contributed by atoms with Crippen LogP contribution in [0.15, 0.2) is 53.0 Å². The van der Waals surface area contributed by atoms with E-state index in [4.69, 9.17) is 5.26 Å². The van der Waals surface area contributed by atoms with Crippen LogP contribution in [0.5, 0.6) is 0 Å². The fraction of sp³-hybridized carbons (Fsp3) is 0.125. The Balaban J connectivity index is 2.06. The summed E-state index contributed by atoms with van der Waals surface area (Å²) in [6.07, 6.45) is 1.10. The number of hydrogen-bond donors (Lipinski definition) is 0. The summed E-state index contributed by atoms with van der Waals surface area (Å²) in [7, 11) is 0. The van der Waals surface area contributed by atoms with E-state index in [0.29, 0.717) is 24.0 Å². The highest BCUT2D eigenvalue weighted by Crippen LogP contribution is 2.15. The first-order valence-electron chi connectivity index (χ1n) is 5.97. The molecule has 0 aliphatic carbocycles. The van der Waals surface area contributed by atoms with Crippen LogP contribution in [-0.2, 0) is 6.42 Å². The normalized spacial score (nSPS) is 9.89. The Kier molecular flexibility index (Phi) is 4.48. The summed E-state index contributed by atoms with van der Waals surface area (Å²) in [5.41, 5.74) is 2.08. The zero-order valence-corrected chi connectivity index (χ0v) is 11.9. The molecular weight excluding hydrogens is 302 g/mol. The van der Waals surface area contributed by atoms with Gasteiger partial charge in [0.15, 0.2) is 5.78 Å². The predicted molar refractivity (Wildman–Crippen MR) is 78.0 cm³/mol. The Morgan fingerprint density at radius 2 is 1.79 bits per heavy atom. The predicted octanol–water partition coefficient (Wildman–Crippen LogP) is 4.14. The van der Waals surface area contributed by atoms with Crippen LogP contribution in [0.25, 0.3) is 0 Å². The van der Waals surface area contributed by atoms with Crippen molar-refractivity contribution in [1.82, 2.24) is 0 Å². The minimum atomic E-state index is 0.0140. The lowest BCUT2D eigenvalue weighted by Gasteiger charge is -2.03. The molecule has 19 heavy (non-hydrogen) atoms. The number of rotatable bonds is 4. The number of carbonyl (C=O) groups is 1. The molecule has 0 fully saturated rings. The maximum Gasteiger partial charge on any atom is 0.164 e. The van der Waals surface area contributed by atoms with E-state index in [1.807, 2.05) is 24.3 Å². The number of nitrogens with zero attached hydrogens (tertiary/aromatic N) is 1. The summed E-state index contributed by atoms with van der Waals surface area (Å²) >= 11 is 3.38. The first-order valence-corrected chi connectivity index (χ1v) is 6.77. The summed E-state index contributed by atoms with van der Waals surface area (Å²) in [4.78, 5) is 12.1. The maximum absolute atomic E-state index is 12.1. The van der Waals surface area contributed by atoms with Gasteiger partial charge < -0.3 is 0 Å². The van der Waals surface area contributed by atoms with E-state index in [1.54, 1.807) is 24.3 Å². The molecule has 0 aromatic heterocycles. The van der Waals surface area contributed by atoms with Gasteiger partial charge in [0.2, 0.25) is 0 Å². The standard InChI is InChI=1S/C16H12BrNO/c17-14-8-5-12(6-9-14)7-10-16(19)15-4-2-1-3-13(15)11-18/h1-6,8-9H,7,10H2. The molecule has 0 N–H and O–H groups in total. The molecule has 2 rings (SSSR count). The molecule has 0 radical (unpaired) electrons. The number of Topliss-reactive ketones (excluding diaryl/α,β-unsaturated/α-hetero) is 1. The molecule has 0 amide bonds. The van der Waals surface area contributed by atoms with Crippen molar-refractivity contribution in [2.75, 3.05) is 0 Å². The lowest BCUT2D eigenvalue weighted by Crippen LogP contribution is -2.03. The molecule has 0 heterocycles. The first-order chi connectivity index (χ1) is 9.20. The van der Waals surface area contributed by atoms with Crippen LogP contribution in [0.3, 0.4) is 0 Å². The van der Waals surface area contributed by atoms with Crippen LogP contribution in [0.2, 0.25) is 0 Å². The topological polar surface area (TPSA) is 40.9 Å². The molecular formula is C16H12BrNO. The van der Waals surface area contributed by atoms with E-state index in [-0.39, 0.29) is 5.78 Å². The van der Waals surface area contributed by atoms with Gasteiger partial charge in [-0.3, -0.25) is 4.79 Å². The monoisotopic (exact) mass is 313 g/mol. The maximum atomic E-state index is 12.1. The lowest BCUT2D eigenvalue weighted by molar-refractivity contribution is 0.0982. The fourth-order valence-corrected chi connectivity index (χ4v) is 2.13. The second-order valence-corrected chi connectivity index (χ2v) is 5.12. The van der Waals surface area contributed by atoms with Crippen molar-refractivity contribution >= 4 is 21.7 Å². The molecule has 0 unspecified atom stereocenters. The van der Waals surface area contributed by atoms with Crippen molar-refractivity contribution < 1.29 is 4.79 Å².